The summed E-state index contributed by atoms with van der Waals surface area (Å²) < 4.78 is 0. The summed E-state index contributed by atoms with van der Waals surface area (Å²) in [6, 6.07) is 20.2. The zero-order chi connectivity index (χ0) is 13.5. The topological polar surface area (TPSA) is 17.1 Å². The van der Waals surface area contributed by atoms with Gasteiger partial charge in [0.05, 0.1) is 0 Å². The fraction of sp³-hybridized carbons (Fsp3) is 0.0556. The fourth-order valence-electron chi connectivity index (χ4n) is 2.78. The molecule has 0 bridgehead atoms. The average molecular weight is 276 g/mol. The molecule has 3 aromatic carbocycles. The van der Waals surface area contributed by atoms with Gasteiger partial charge in [-0.25, -0.2) is 0 Å². The SMILES string of the molecule is O=C1c2ccccc2SCc2c1ccc1ccccc21. The number of thioether (sulfide) groups is 1. The molecule has 0 spiro atoms. The van der Waals surface area contributed by atoms with E-state index in [-0.39, 0.29) is 5.78 Å². The van der Waals surface area contributed by atoms with Gasteiger partial charge in [-0.2, -0.15) is 0 Å². The molecule has 1 aliphatic rings. The van der Waals surface area contributed by atoms with E-state index in [2.05, 4.69) is 12.1 Å². The lowest BCUT2D eigenvalue weighted by molar-refractivity contribution is 0.103. The van der Waals surface area contributed by atoms with E-state index in [0.717, 1.165) is 27.3 Å². The second-order valence-electron chi connectivity index (χ2n) is 4.93. The molecule has 2 heteroatoms. The van der Waals surface area contributed by atoms with E-state index in [9.17, 15) is 4.79 Å². The van der Waals surface area contributed by atoms with Crippen molar-refractivity contribution in [2.75, 3.05) is 0 Å². The summed E-state index contributed by atoms with van der Waals surface area (Å²) in [6.07, 6.45) is 0. The highest BCUT2D eigenvalue weighted by molar-refractivity contribution is 7.98. The van der Waals surface area contributed by atoms with Gasteiger partial charge in [-0.15, -0.1) is 11.8 Å². The molecule has 20 heavy (non-hydrogen) atoms. The third kappa shape index (κ3) is 1.69. The molecule has 1 aliphatic heterocycles. The highest BCUT2D eigenvalue weighted by Crippen LogP contribution is 2.36. The summed E-state index contributed by atoms with van der Waals surface area (Å²) in [4.78, 5) is 13.8. The van der Waals surface area contributed by atoms with Crippen LogP contribution in [0.5, 0.6) is 0 Å². The molecule has 1 heterocycles. The maximum absolute atomic E-state index is 12.8. The van der Waals surface area contributed by atoms with Crippen LogP contribution in [0.15, 0.2) is 65.6 Å². The van der Waals surface area contributed by atoms with Gasteiger partial charge in [-0.05, 0) is 28.5 Å². The van der Waals surface area contributed by atoms with Crippen LogP contribution in [0.2, 0.25) is 0 Å². The summed E-state index contributed by atoms with van der Waals surface area (Å²) in [5, 5.41) is 2.39. The van der Waals surface area contributed by atoms with Crippen LogP contribution in [-0.2, 0) is 5.75 Å². The maximum Gasteiger partial charge on any atom is 0.194 e. The molecule has 0 N–H and O–H groups in total. The molecule has 0 saturated carbocycles. The molecule has 0 atom stereocenters. The molecule has 0 aromatic heterocycles. The first kappa shape index (κ1) is 11.7. The minimum atomic E-state index is 0.145. The number of benzene rings is 3. The van der Waals surface area contributed by atoms with Crippen molar-refractivity contribution < 1.29 is 4.79 Å². The summed E-state index contributed by atoms with van der Waals surface area (Å²) in [6.45, 7) is 0. The maximum atomic E-state index is 12.8. The Balaban J connectivity index is 2.02. The van der Waals surface area contributed by atoms with Gasteiger partial charge in [0.2, 0.25) is 0 Å². The van der Waals surface area contributed by atoms with E-state index < -0.39 is 0 Å². The molecular formula is C18H12OS. The summed E-state index contributed by atoms with van der Waals surface area (Å²) >= 11 is 1.75. The standard InChI is InChI=1S/C18H12OS/c19-18-14-10-9-12-5-1-2-6-13(12)16(14)11-20-17-8-4-3-7-15(17)18/h1-10H,11H2. The fourth-order valence-corrected chi connectivity index (χ4v) is 3.88. The van der Waals surface area contributed by atoms with E-state index in [1.165, 1.54) is 10.8 Å². The van der Waals surface area contributed by atoms with E-state index in [4.69, 9.17) is 0 Å². The molecule has 1 nitrogen and oxygen atoms in total. The van der Waals surface area contributed by atoms with Crippen LogP contribution in [0.4, 0.5) is 0 Å². The lowest BCUT2D eigenvalue weighted by atomic mass is 9.94. The number of hydrogen-bond donors (Lipinski definition) is 0. The predicted molar refractivity (Wildman–Crippen MR) is 83.4 cm³/mol. The lowest BCUT2D eigenvalue weighted by Crippen LogP contribution is -2.03. The van der Waals surface area contributed by atoms with Crippen molar-refractivity contribution in [1.82, 2.24) is 0 Å². The third-order valence-corrected chi connectivity index (χ3v) is 4.89. The first-order valence-corrected chi connectivity index (χ1v) is 7.60. The Hall–Kier alpha value is -2.06. The van der Waals surface area contributed by atoms with Gasteiger partial charge in [0.15, 0.2) is 5.78 Å². The van der Waals surface area contributed by atoms with E-state index in [1.54, 1.807) is 11.8 Å². The van der Waals surface area contributed by atoms with Crippen molar-refractivity contribution in [3.05, 3.63) is 77.4 Å². The Kier molecular flexibility index (Phi) is 2.64. The third-order valence-electron chi connectivity index (χ3n) is 3.79. The van der Waals surface area contributed by atoms with Crippen molar-refractivity contribution >= 4 is 28.3 Å². The zero-order valence-electron chi connectivity index (χ0n) is 10.8. The van der Waals surface area contributed by atoms with Gasteiger partial charge in [0.1, 0.15) is 0 Å². The van der Waals surface area contributed by atoms with E-state index >= 15 is 0 Å². The Bertz CT molecular complexity index is 836. The first-order valence-electron chi connectivity index (χ1n) is 6.62. The average Bonchev–Trinajstić information content (AvgIpc) is 2.65. The largest absolute Gasteiger partial charge is 0.289 e. The molecule has 0 fully saturated rings. The lowest BCUT2D eigenvalue weighted by Gasteiger charge is -2.08. The van der Waals surface area contributed by atoms with Crippen LogP contribution in [0.3, 0.4) is 0 Å². The molecule has 0 saturated heterocycles. The van der Waals surface area contributed by atoms with E-state index in [1.807, 2.05) is 48.5 Å². The molecular weight excluding hydrogens is 264 g/mol. The minimum Gasteiger partial charge on any atom is -0.289 e. The predicted octanol–water partition coefficient (Wildman–Crippen LogP) is 4.68. The number of rotatable bonds is 0. The Morgan fingerprint density at radius 1 is 0.800 bits per heavy atom. The van der Waals surface area contributed by atoms with Crippen molar-refractivity contribution in [3.63, 3.8) is 0 Å². The van der Waals surface area contributed by atoms with Gasteiger partial charge >= 0.3 is 0 Å². The number of ketones is 1. The second kappa shape index (κ2) is 4.50. The highest BCUT2D eigenvalue weighted by Gasteiger charge is 2.22. The smallest absolute Gasteiger partial charge is 0.194 e. The first-order chi connectivity index (χ1) is 9.84. The monoisotopic (exact) mass is 276 g/mol. The molecule has 0 amide bonds. The van der Waals surface area contributed by atoms with Gasteiger partial charge < -0.3 is 0 Å². The second-order valence-corrected chi connectivity index (χ2v) is 5.94. The van der Waals surface area contributed by atoms with Crippen molar-refractivity contribution in [2.24, 2.45) is 0 Å². The number of hydrogen-bond acceptors (Lipinski definition) is 2. The molecule has 3 aromatic rings. The van der Waals surface area contributed by atoms with Crippen molar-refractivity contribution in [1.29, 1.82) is 0 Å². The van der Waals surface area contributed by atoms with Crippen LogP contribution in [0, 0.1) is 0 Å². The Morgan fingerprint density at radius 2 is 1.60 bits per heavy atom. The van der Waals surface area contributed by atoms with Crippen LogP contribution >= 0.6 is 11.8 Å². The summed E-state index contributed by atoms with van der Waals surface area (Å²) in [5.74, 6) is 0.991. The highest BCUT2D eigenvalue weighted by atomic mass is 32.2. The zero-order valence-corrected chi connectivity index (χ0v) is 11.6. The Morgan fingerprint density at radius 3 is 2.55 bits per heavy atom. The van der Waals surface area contributed by atoms with E-state index in [0.29, 0.717) is 0 Å². The minimum absolute atomic E-state index is 0.145. The normalized spacial score (nSPS) is 13.7. The quantitative estimate of drug-likeness (QED) is 0.593. The molecule has 4 rings (SSSR count). The molecule has 0 radical (unpaired) electrons. The van der Waals surface area contributed by atoms with Crippen molar-refractivity contribution in [3.8, 4) is 0 Å². The van der Waals surface area contributed by atoms with Crippen LogP contribution in [-0.4, -0.2) is 5.78 Å². The molecule has 0 aliphatic carbocycles. The molecule has 0 unspecified atom stereocenters. The van der Waals surface area contributed by atoms with Gasteiger partial charge in [0, 0.05) is 21.8 Å². The molecule has 96 valence electrons. The van der Waals surface area contributed by atoms with Crippen LogP contribution in [0.25, 0.3) is 10.8 Å². The van der Waals surface area contributed by atoms with Gasteiger partial charge in [0.25, 0.3) is 0 Å². The Labute approximate surface area is 121 Å². The van der Waals surface area contributed by atoms with Crippen molar-refractivity contribution in [2.45, 2.75) is 10.6 Å². The number of carbonyl (C=O) groups is 1. The number of fused-ring (bicyclic) bond motifs is 4. The summed E-state index contributed by atoms with van der Waals surface area (Å²) in [5.41, 5.74) is 2.84. The van der Waals surface area contributed by atoms with Gasteiger partial charge in [-0.3, -0.25) is 4.79 Å². The van der Waals surface area contributed by atoms with Crippen LogP contribution in [0.1, 0.15) is 21.5 Å². The summed E-state index contributed by atoms with van der Waals surface area (Å²) in [7, 11) is 0. The number of carbonyl (C=O) groups excluding carboxylic acids is 1. The van der Waals surface area contributed by atoms with Crippen LogP contribution < -0.4 is 0 Å². The van der Waals surface area contributed by atoms with Gasteiger partial charge in [-0.1, -0.05) is 48.5 Å².